The van der Waals surface area contributed by atoms with Gasteiger partial charge in [0.05, 0.1) is 37.6 Å². The fourth-order valence-corrected chi connectivity index (χ4v) is 4.08. The van der Waals surface area contributed by atoms with Gasteiger partial charge < -0.3 is 19.3 Å². The van der Waals surface area contributed by atoms with Crippen LogP contribution in [0.3, 0.4) is 0 Å². The fourth-order valence-electron chi connectivity index (χ4n) is 4.08. The van der Waals surface area contributed by atoms with Crippen molar-refractivity contribution in [3.8, 4) is 0 Å². The zero-order valence-electron chi connectivity index (χ0n) is 14.2. The summed E-state index contributed by atoms with van der Waals surface area (Å²) < 4.78 is 17.7. The van der Waals surface area contributed by atoms with E-state index < -0.39 is 0 Å². The van der Waals surface area contributed by atoms with Crippen LogP contribution in [0.15, 0.2) is 24.3 Å². The van der Waals surface area contributed by atoms with E-state index in [9.17, 15) is 5.11 Å². The molecule has 132 valence electrons. The van der Waals surface area contributed by atoms with Crippen LogP contribution < -0.4 is 0 Å². The van der Waals surface area contributed by atoms with Crippen LogP contribution in [0.1, 0.15) is 56.1 Å². The van der Waals surface area contributed by atoms with E-state index in [-0.39, 0.29) is 18.3 Å². The average molecular weight is 332 g/mol. The molecule has 4 nitrogen and oxygen atoms in total. The van der Waals surface area contributed by atoms with Crippen LogP contribution in [-0.2, 0) is 27.4 Å². The van der Waals surface area contributed by atoms with Crippen molar-refractivity contribution in [3.63, 3.8) is 0 Å². The lowest BCUT2D eigenvalue weighted by Gasteiger charge is -2.26. The molecular formula is C20H28O4. The molecule has 1 heterocycles. The first-order valence-corrected chi connectivity index (χ1v) is 9.42. The van der Waals surface area contributed by atoms with Crippen molar-refractivity contribution in [1.82, 2.24) is 0 Å². The Balaban J connectivity index is 1.25. The normalized spacial score (nSPS) is 35.5. The number of hydrogen-bond donors (Lipinski definition) is 1. The molecule has 2 saturated carbocycles. The molecule has 5 unspecified atom stereocenters. The van der Waals surface area contributed by atoms with Crippen LogP contribution in [0.4, 0.5) is 0 Å². The number of epoxide rings is 1. The number of benzene rings is 1. The smallest absolute Gasteiger partial charge is 0.110 e. The monoisotopic (exact) mass is 332 g/mol. The third kappa shape index (κ3) is 4.17. The molecule has 3 aliphatic rings. The lowest BCUT2D eigenvalue weighted by Crippen LogP contribution is -2.26. The molecule has 1 N–H and O–H groups in total. The molecule has 1 aliphatic heterocycles. The van der Waals surface area contributed by atoms with E-state index in [1.54, 1.807) is 0 Å². The average Bonchev–Trinajstić information content (AvgIpc) is 3.39. The zero-order valence-corrected chi connectivity index (χ0v) is 14.2. The molecule has 24 heavy (non-hydrogen) atoms. The Morgan fingerprint density at radius 3 is 2.62 bits per heavy atom. The zero-order chi connectivity index (χ0) is 16.4. The molecular weight excluding hydrogens is 304 g/mol. The summed E-state index contributed by atoms with van der Waals surface area (Å²) in [5.74, 6) is 0. The molecule has 5 atom stereocenters. The van der Waals surface area contributed by atoms with Gasteiger partial charge in [-0.25, -0.2) is 0 Å². The highest BCUT2D eigenvalue weighted by Gasteiger charge is 2.47. The Labute approximate surface area is 144 Å². The Kier molecular flexibility index (Phi) is 5.18. The molecule has 1 aromatic carbocycles. The highest BCUT2D eigenvalue weighted by atomic mass is 16.6. The second kappa shape index (κ2) is 7.52. The SMILES string of the molecule is OC1CCCC(OCc2cccc(COC3CCCC4OC34)c2)C1. The summed E-state index contributed by atoms with van der Waals surface area (Å²) in [5, 5.41) is 9.73. The lowest BCUT2D eigenvalue weighted by atomic mass is 9.95. The standard InChI is InChI=1S/C20H28O4/c21-16-6-2-7-17(11-16)22-12-14-4-1-5-15(10-14)13-23-18-8-3-9-19-20(18)24-19/h1,4-5,10,16-21H,2-3,6-9,11-13H2. The number of fused-ring (bicyclic) bond motifs is 1. The predicted molar refractivity (Wildman–Crippen MR) is 90.6 cm³/mol. The second-order valence-corrected chi connectivity index (χ2v) is 7.49. The van der Waals surface area contributed by atoms with Gasteiger partial charge in [-0.05, 0) is 56.1 Å². The van der Waals surface area contributed by atoms with Gasteiger partial charge in [0.25, 0.3) is 0 Å². The molecule has 4 rings (SSSR count). The molecule has 0 amide bonds. The van der Waals surface area contributed by atoms with Crippen LogP contribution in [0.5, 0.6) is 0 Å². The van der Waals surface area contributed by atoms with E-state index in [0.29, 0.717) is 25.4 Å². The van der Waals surface area contributed by atoms with Gasteiger partial charge >= 0.3 is 0 Å². The molecule has 2 aliphatic carbocycles. The molecule has 1 aromatic rings. The molecule has 4 heteroatoms. The largest absolute Gasteiger partial charge is 0.393 e. The van der Waals surface area contributed by atoms with Crippen molar-refractivity contribution in [3.05, 3.63) is 35.4 Å². The van der Waals surface area contributed by atoms with Crippen LogP contribution >= 0.6 is 0 Å². The number of aliphatic hydroxyl groups is 1. The Morgan fingerprint density at radius 2 is 1.79 bits per heavy atom. The molecule has 0 radical (unpaired) electrons. The summed E-state index contributed by atoms with van der Waals surface area (Å²) in [5.41, 5.74) is 2.38. The lowest BCUT2D eigenvalue weighted by molar-refractivity contribution is -0.0229. The van der Waals surface area contributed by atoms with E-state index in [1.807, 2.05) is 0 Å². The highest BCUT2D eigenvalue weighted by molar-refractivity contribution is 5.22. The molecule has 0 aromatic heterocycles. The molecule has 0 spiro atoms. The summed E-state index contributed by atoms with van der Waals surface area (Å²) >= 11 is 0. The predicted octanol–water partition coefficient (Wildman–Crippen LogP) is 3.34. The second-order valence-electron chi connectivity index (χ2n) is 7.49. The van der Waals surface area contributed by atoms with Gasteiger partial charge in [-0.2, -0.15) is 0 Å². The van der Waals surface area contributed by atoms with Gasteiger partial charge in [-0.15, -0.1) is 0 Å². The maximum Gasteiger partial charge on any atom is 0.110 e. The molecule has 3 fully saturated rings. The number of ether oxygens (including phenoxy) is 3. The minimum Gasteiger partial charge on any atom is -0.393 e. The first kappa shape index (κ1) is 16.5. The summed E-state index contributed by atoms with van der Waals surface area (Å²) in [6, 6.07) is 8.46. The number of hydrogen-bond acceptors (Lipinski definition) is 4. The molecule has 0 bridgehead atoms. The first-order chi connectivity index (χ1) is 11.8. The Hall–Kier alpha value is -0.940. The maximum absolute atomic E-state index is 9.73. The minimum absolute atomic E-state index is 0.188. The van der Waals surface area contributed by atoms with Gasteiger partial charge in [0.1, 0.15) is 6.10 Å². The van der Waals surface area contributed by atoms with Crippen LogP contribution in [-0.4, -0.2) is 35.6 Å². The van der Waals surface area contributed by atoms with Gasteiger partial charge in [-0.3, -0.25) is 0 Å². The van der Waals surface area contributed by atoms with Crippen molar-refractivity contribution >= 4 is 0 Å². The van der Waals surface area contributed by atoms with E-state index in [0.717, 1.165) is 32.1 Å². The summed E-state index contributed by atoms with van der Waals surface area (Å²) in [4.78, 5) is 0. The third-order valence-electron chi connectivity index (χ3n) is 5.51. The van der Waals surface area contributed by atoms with Crippen molar-refractivity contribution in [2.75, 3.05) is 0 Å². The van der Waals surface area contributed by atoms with Crippen molar-refractivity contribution in [1.29, 1.82) is 0 Å². The van der Waals surface area contributed by atoms with Crippen molar-refractivity contribution in [2.24, 2.45) is 0 Å². The van der Waals surface area contributed by atoms with Crippen LogP contribution in [0.25, 0.3) is 0 Å². The number of rotatable bonds is 6. The van der Waals surface area contributed by atoms with Crippen LogP contribution in [0, 0.1) is 0 Å². The van der Waals surface area contributed by atoms with Gasteiger partial charge in [-0.1, -0.05) is 24.3 Å². The summed E-state index contributed by atoms with van der Waals surface area (Å²) in [7, 11) is 0. The topological polar surface area (TPSA) is 51.2 Å². The van der Waals surface area contributed by atoms with E-state index in [1.165, 1.54) is 24.0 Å². The quantitative estimate of drug-likeness (QED) is 0.812. The van der Waals surface area contributed by atoms with Crippen molar-refractivity contribution < 1.29 is 19.3 Å². The molecule has 1 saturated heterocycles. The first-order valence-electron chi connectivity index (χ1n) is 9.42. The van der Waals surface area contributed by atoms with Gasteiger partial charge in [0.15, 0.2) is 0 Å². The van der Waals surface area contributed by atoms with Crippen LogP contribution in [0.2, 0.25) is 0 Å². The summed E-state index contributed by atoms with van der Waals surface area (Å²) in [6.45, 7) is 1.26. The van der Waals surface area contributed by atoms with Gasteiger partial charge in [0, 0.05) is 0 Å². The Morgan fingerprint density at radius 1 is 1.00 bits per heavy atom. The Bertz CT molecular complexity index is 546. The maximum atomic E-state index is 9.73. The summed E-state index contributed by atoms with van der Waals surface area (Å²) in [6.07, 6.45) is 8.44. The fraction of sp³-hybridized carbons (Fsp3) is 0.700. The number of aliphatic hydroxyl groups excluding tert-OH is 1. The van der Waals surface area contributed by atoms with E-state index >= 15 is 0 Å². The third-order valence-corrected chi connectivity index (χ3v) is 5.51. The van der Waals surface area contributed by atoms with Gasteiger partial charge in [0.2, 0.25) is 0 Å². The van der Waals surface area contributed by atoms with Crippen molar-refractivity contribution in [2.45, 2.75) is 88.7 Å². The van der Waals surface area contributed by atoms with E-state index in [2.05, 4.69) is 24.3 Å². The van der Waals surface area contributed by atoms with E-state index in [4.69, 9.17) is 14.2 Å². The minimum atomic E-state index is -0.188. The highest BCUT2D eigenvalue weighted by Crippen LogP contribution is 2.38.